The molecule has 1 aliphatic rings. The van der Waals surface area contributed by atoms with Crippen LogP contribution in [0.25, 0.3) is 0 Å². The molecule has 0 aromatic rings. The number of nitrogens with one attached hydrogen (secondary N) is 1. The minimum Gasteiger partial charge on any atom is -0.339 e. The summed E-state index contributed by atoms with van der Waals surface area (Å²) in [5, 5.41) is 3.31. The third-order valence-corrected chi connectivity index (χ3v) is 4.16. The second kappa shape index (κ2) is 5.83. The molecule has 1 atom stereocenters. The number of amides is 1. The summed E-state index contributed by atoms with van der Waals surface area (Å²) in [7, 11) is 1.92. The zero-order chi connectivity index (χ0) is 13.1. The topological polar surface area (TPSA) is 35.6 Å². The van der Waals surface area contributed by atoms with Crippen LogP contribution in [0.1, 0.15) is 34.1 Å². The van der Waals surface area contributed by atoms with Crippen molar-refractivity contribution in [2.75, 3.05) is 33.2 Å². The van der Waals surface area contributed by atoms with E-state index in [0.29, 0.717) is 0 Å². The molecule has 0 saturated carbocycles. The SMILES string of the molecule is CCC(C)(C)N(C)C(=O)C(C)N1CCNCC1. The molecule has 0 spiro atoms. The van der Waals surface area contributed by atoms with Crippen LogP contribution >= 0.6 is 0 Å². The fourth-order valence-corrected chi connectivity index (χ4v) is 2.04. The lowest BCUT2D eigenvalue weighted by Crippen LogP contribution is -2.56. The molecule has 1 unspecified atom stereocenters. The van der Waals surface area contributed by atoms with Gasteiger partial charge in [0.2, 0.25) is 5.91 Å². The van der Waals surface area contributed by atoms with E-state index in [0.717, 1.165) is 32.6 Å². The predicted molar refractivity (Wildman–Crippen MR) is 71.0 cm³/mol. The average molecular weight is 241 g/mol. The van der Waals surface area contributed by atoms with Crippen LogP contribution < -0.4 is 5.32 Å². The van der Waals surface area contributed by atoms with Gasteiger partial charge in [-0.1, -0.05) is 6.92 Å². The molecular formula is C13H27N3O. The van der Waals surface area contributed by atoms with E-state index >= 15 is 0 Å². The molecular weight excluding hydrogens is 214 g/mol. The smallest absolute Gasteiger partial charge is 0.239 e. The maximum atomic E-state index is 12.4. The molecule has 1 aliphatic heterocycles. The van der Waals surface area contributed by atoms with Crippen molar-refractivity contribution >= 4 is 5.91 Å². The molecule has 4 heteroatoms. The highest BCUT2D eigenvalue weighted by atomic mass is 16.2. The summed E-state index contributed by atoms with van der Waals surface area (Å²) in [4.78, 5) is 16.6. The minimum atomic E-state index is -0.0562. The van der Waals surface area contributed by atoms with Gasteiger partial charge in [0.1, 0.15) is 0 Å². The highest BCUT2D eigenvalue weighted by Crippen LogP contribution is 2.18. The third-order valence-electron chi connectivity index (χ3n) is 4.16. The summed E-state index contributed by atoms with van der Waals surface area (Å²) in [5.41, 5.74) is -0.0562. The van der Waals surface area contributed by atoms with Gasteiger partial charge in [-0.05, 0) is 27.2 Å². The Morgan fingerprint density at radius 2 is 1.94 bits per heavy atom. The van der Waals surface area contributed by atoms with E-state index in [1.54, 1.807) is 0 Å². The number of hydrogen-bond acceptors (Lipinski definition) is 3. The molecule has 0 bridgehead atoms. The minimum absolute atomic E-state index is 0.00655. The van der Waals surface area contributed by atoms with Crippen molar-refractivity contribution in [2.45, 2.75) is 45.7 Å². The molecule has 0 aromatic carbocycles. The van der Waals surface area contributed by atoms with Gasteiger partial charge < -0.3 is 10.2 Å². The molecule has 0 aliphatic carbocycles. The quantitative estimate of drug-likeness (QED) is 0.795. The molecule has 1 N–H and O–H groups in total. The van der Waals surface area contributed by atoms with Crippen molar-refractivity contribution in [1.82, 2.24) is 15.1 Å². The van der Waals surface area contributed by atoms with Gasteiger partial charge in [0, 0.05) is 38.8 Å². The van der Waals surface area contributed by atoms with Crippen molar-refractivity contribution in [3.8, 4) is 0 Å². The van der Waals surface area contributed by atoms with Crippen LogP contribution in [0.15, 0.2) is 0 Å². The van der Waals surface area contributed by atoms with Gasteiger partial charge in [0.25, 0.3) is 0 Å². The molecule has 17 heavy (non-hydrogen) atoms. The third kappa shape index (κ3) is 3.42. The molecule has 1 fully saturated rings. The summed E-state index contributed by atoms with van der Waals surface area (Å²) in [6, 6.07) is -0.00655. The Morgan fingerprint density at radius 3 is 2.41 bits per heavy atom. The Hall–Kier alpha value is -0.610. The number of hydrogen-bond donors (Lipinski definition) is 1. The number of nitrogens with zero attached hydrogens (tertiary/aromatic N) is 2. The molecule has 1 heterocycles. The van der Waals surface area contributed by atoms with Gasteiger partial charge in [-0.15, -0.1) is 0 Å². The first kappa shape index (κ1) is 14.5. The molecule has 100 valence electrons. The number of piperazine rings is 1. The molecule has 1 rings (SSSR count). The Bertz CT molecular complexity index is 259. The van der Waals surface area contributed by atoms with Gasteiger partial charge in [-0.3, -0.25) is 9.69 Å². The summed E-state index contributed by atoms with van der Waals surface area (Å²) in [6.07, 6.45) is 0.976. The molecule has 0 radical (unpaired) electrons. The summed E-state index contributed by atoms with van der Waals surface area (Å²) < 4.78 is 0. The largest absolute Gasteiger partial charge is 0.339 e. The Morgan fingerprint density at radius 1 is 1.41 bits per heavy atom. The van der Waals surface area contributed by atoms with Crippen molar-refractivity contribution in [1.29, 1.82) is 0 Å². The molecule has 4 nitrogen and oxygen atoms in total. The first-order chi connectivity index (χ1) is 7.90. The van der Waals surface area contributed by atoms with Crippen molar-refractivity contribution in [2.24, 2.45) is 0 Å². The second-order valence-electron chi connectivity index (χ2n) is 5.53. The maximum Gasteiger partial charge on any atom is 0.239 e. The summed E-state index contributed by atoms with van der Waals surface area (Å²) in [6.45, 7) is 12.3. The normalized spacial score (nSPS) is 20.1. The standard InChI is InChI=1S/C13H27N3O/c1-6-13(3,4)15(5)12(17)11(2)16-9-7-14-8-10-16/h11,14H,6-10H2,1-5H3. The van der Waals surface area contributed by atoms with Gasteiger partial charge >= 0.3 is 0 Å². The van der Waals surface area contributed by atoms with E-state index in [2.05, 4.69) is 31.0 Å². The van der Waals surface area contributed by atoms with E-state index in [1.807, 2.05) is 18.9 Å². The van der Waals surface area contributed by atoms with Gasteiger partial charge in [0.15, 0.2) is 0 Å². The first-order valence-corrected chi connectivity index (χ1v) is 6.62. The number of carbonyl (C=O) groups is 1. The van der Waals surface area contributed by atoms with Crippen LogP contribution in [0.2, 0.25) is 0 Å². The lowest BCUT2D eigenvalue weighted by Gasteiger charge is -2.40. The number of rotatable bonds is 4. The van der Waals surface area contributed by atoms with Gasteiger partial charge in [0.05, 0.1) is 6.04 Å². The molecule has 0 aromatic heterocycles. The van der Waals surface area contributed by atoms with Gasteiger partial charge in [-0.2, -0.15) is 0 Å². The molecule has 1 saturated heterocycles. The van der Waals surface area contributed by atoms with Crippen molar-refractivity contribution in [3.05, 3.63) is 0 Å². The number of carbonyl (C=O) groups excluding carboxylic acids is 1. The summed E-state index contributed by atoms with van der Waals surface area (Å²) >= 11 is 0. The van der Waals surface area contributed by atoms with E-state index in [4.69, 9.17) is 0 Å². The van der Waals surface area contributed by atoms with E-state index in [9.17, 15) is 4.79 Å². The van der Waals surface area contributed by atoms with Crippen LogP contribution in [-0.4, -0.2) is 60.5 Å². The fourth-order valence-electron chi connectivity index (χ4n) is 2.04. The first-order valence-electron chi connectivity index (χ1n) is 6.62. The monoisotopic (exact) mass is 241 g/mol. The zero-order valence-electron chi connectivity index (χ0n) is 11.9. The van der Waals surface area contributed by atoms with Crippen molar-refractivity contribution < 1.29 is 4.79 Å². The van der Waals surface area contributed by atoms with Crippen LogP contribution in [0, 0.1) is 0 Å². The lowest BCUT2D eigenvalue weighted by atomic mass is 9.99. The predicted octanol–water partition coefficient (Wildman–Crippen LogP) is 0.927. The highest BCUT2D eigenvalue weighted by Gasteiger charge is 2.31. The van der Waals surface area contributed by atoms with Crippen LogP contribution in [-0.2, 0) is 4.79 Å². The average Bonchev–Trinajstić information content (AvgIpc) is 2.37. The van der Waals surface area contributed by atoms with E-state index in [1.165, 1.54) is 0 Å². The van der Waals surface area contributed by atoms with Gasteiger partial charge in [-0.25, -0.2) is 0 Å². The molecule has 1 amide bonds. The van der Waals surface area contributed by atoms with Crippen LogP contribution in [0.4, 0.5) is 0 Å². The zero-order valence-corrected chi connectivity index (χ0v) is 11.9. The highest BCUT2D eigenvalue weighted by molar-refractivity contribution is 5.82. The van der Waals surface area contributed by atoms with Crippen LogP contribution in [0.3, 0.4) is 0 Å². The fraction of sp³-hybridized carbons (Fsp3) is 0.923. The second-order valence-corrected chi connectivity index (χ2v) is 5.53. The summed E-state index contributed by atoms with van der Waals surface area (Å²) in [5.74, 6) is 0.235. The Balaban J connectivity index is 2.62. The Kier molecular flexibility index (Phi) is 4.95. The number of likely N-dealkylation sites (N-methyl/N-ethyl adjacent to an activating group) is 1. The van der Waals surface area contributed by atoms with E-state index < -0.39 is 0 Å². The maximum absolute atomic E-state index is 12.4. The van der Waals surface area contributed by atoms with E-state index in [-0.39, 0.29) is 17.5 Å². The van der Waals surface area contributed by atoms with Crippen LogP contribution in [0.5, 0.6) is 0 Å². The van der Waals surface area contributed by atoms with Crippen molar-refractivity contribution in [3.63, 3.8) is 0 Å². The Labute approximate surface area is 105 Å². The lowest BCUT2D eigenvalue weighted by molar-refractivity contribution is -0.140.